The van der Waals surface area contributed by atoms with Gasteiger partial charge < -0.3 is 19.4 Å². The summed E-state index contributed by atoms with van der Waals surface area (Å²) in [5, 5.41) is 2.97. The Hall–Kier alpha value is -4.06. The van der Waals surface area contributed by atoms with Gasteiger partial charge in [-0.1, -0.05) is 30.3 Å². The number of nitrogens with zero attached hydrogens (tertiary/aromatic N) is 2. The molecule has 2 aromatic heterocycles. The smallest absolute Gasteiger partial charge is 0.259 e. The molecule has 1 N–H and O–H groups in total. The number of fused-ring (bicyclic) bond motifs is 1. The van der Waals surface area contributed by atoms with Crippen molar-refractivity contribution in [1.29, 1.82) is 0 Å². The Labute approximate surface area is 192 Å². The van der Waals surface area contributed by atoms with Crippen LogP contribution in [-0.2, 0) is 19.6 Å². The number of anilines is 2. The van der Waals surface area contributed by atoms with Crippen molar-refractivity contribution >= 4 is 17.3 Å². The average Bonchev–Trinajstić information content (AvgIpc) is 3.43. The summed E-state index contributed by atoms with van der Waals surface area (Å²) in [5.74, 6) is 1.12. The molecular weight excluding hydrogens is 414 g/mol. The molecule has 0 fully saturated rings. The Balaban J connectivity index is 1.27. The second-order valence-electron chi connectivity index (χ2n) is 8.20. The minimum absolute atomic E-state index is 0.205. The maximum absolute atomic E-state index is 13.0. The number of carbonyl (C=O) groups excluding carboxylic acids is 1. The summed E-state index contributed by atoms with van der Waals surface area (Å²) in [5.41, 5.74) is 4.70. The van der Waals surface area contributed by atoms with Gasteiger partial charge in [-0.05, 0) is 49.2 Å². The molecule has 166 valence electrons. The number of nitrogens with one attached hydrogen (secondary N) is 1. The summed E-state index contributed by atoms with van der Waals surface area (Å²) in [7, 11) is 0. The van der Waals surface area contributed by atoms with Gasteiger partial charge in [-0.15, -0.1) is 0 Å². The first kappa shape index (κ1) is 20.8. The number of ether oxygens (including phenoxy) is 1. The molecule has 4 aromatic rings. The van der Waals surface area contributed by atoms with E-state index in [1.54, 1.807) is 24.7 Å². The van der Waals surface area contributed by atoms with Crippen LogP contribution >= 0.6 is 0 Å². The van der Waals surface area contributed by atoms with E-state index >= 15 is 0 Å². The number of hydrogen-bond acceptors (Lipinski definition) is 5. The zero-order valence-electron chi connectivity index (χ0n) is 18.4. The zero-order valence-corrected chi connectivity index (χ0v) is 18.4. The minimum Gasteiger partial charge on any atom is -0.489 e. The molecule has 0 bridgehead atoms. The highest BCUT2D eigenvalue weighted by molar-refractivity contribution is 6.05. The van der Waals surface area contributed by atoms with Gasteiger partial charge >= 0.3 is 0 Å². The number of rotatable bonds is 7. The molecule has 1 aliphatic heterocycles. The third kappa shape index (κ3) is 4.60. The monoisotopic (exact) mass is 439 g/mol. The maximum Gasteiger partial charge on any atom is 0.259 e. The van der Waals surface area contributed by atoms with Crippen LogP contribution < -0.4 is 15.0 Å². The molecule has 1 amide bonds. The van der Waals surface area contributed by atoms with E-state index in [0.717, 1.165) is 12.0 Å². The van der Waals surface area contributed by atoms with Crippen LogP contribution in [0.3, 0.4) is 0 Å². The maximum atomic E-state index is 13.0. The average molecular weight is 440 g/mol. The lowest BCUT2D eigenvalue weighted by Crippen LogP contribution is -2.29. The molecule has 0 spiro atoms. The number of para-hydroxylation sites is 1. The van der Waals surface area contributed by atoms with Gasteiger partial charge in [0.1, 0.15) is 18.1 Å². The van der Waals surface area contributed by atoms with Crippen molar-refractivity contribution in [2.24, 2.45) is 0 Å². The second kappa shape index (κ2) is 9.20. The molecule has 5 rings (SSSR count). The van der Waals surface area contributed by atoms with E-state index in [-0.39, 0.29) is 5.91 Å². The molecule has 3 heterocycles. The fraction of sp³-hybridized carbons (Fsp3) is 0.185. The van der Waals surface area contributed by atoms with Gasteiger partial charge in [-0.3, -0.25) is 9.78 Å². The van der Waals surface area contributed by atoms with Gasteiger partial charge in [0, 0.05) is 41.4 Å². The van der Waals surface area contributed by atoms with Gasteiger partial charge in [0.2, 0.25) is 0 Å². The van der Waals surface area contributed by atoms with E-state index in [2.05, 4.69) is 40.3 Å². The van der Waals surface area contributed by atoms with Crippen LogP contribution in [0.5, 0.6) is 5.75 Å². The van der Waals surface area contributed by atoms with Gasteiger partial charge in [0.25, 0.3) is 5.91 Å². The summed E-state index contributed by atoms with van der Waals surface area (Å²) >= 11 is 0. The van der Waals surface area contributed by atoms with Crippen LogP contribution in [0.1, 0.15) is 34.2 Å². The number of amides is 1. The van der Waals surface area contributed by atoms with Crippen LogP contribution in [0.4, 0.5) is 11.4 Å². The quantitative estimate of drug-likeness (QED) is 0.414. The normalized spacial score (nSPS) is 14.7. The molecule has 1 atom stereocenters. The zero-order chi connectivity index (χ0) is 22.6. The predicted octanol–water partition coefficient (Wildman–Crippen LogP) is 5.46. The largest absolute Gasteiger partial charge is 0.489 e. The SMILES string of the molecule is CC1Cc2ccccc2N1Cc1occc1C(=O)Nc1cccc(OCc2cccnc2)c1. The summed E-state index contributed by atoms with van der Waals surface area (Å²) < 4.78 is 11.6. The van der Waals surface area contributed by atoms with Crippen LogP contribution in [0, 0.1) is 0 Å². The van der Waals surface area contributed by atoms with Gasteiger partial charge in [0.05, 0.1) is 18.4 Å². The molecule has 0 aliphatic carbocycles. The molecular formula is C27H25N3O3. The molecule has 0 radical (unpaired) electrons. The van der Waals surface area contributed by atoms with E-state index in [0.29, 0.717) is 42.0 Å². The third-order valence-corrected chi connectivity index (χ3v) is 5.87. The Bertz CT molecular complexity index is 1250. The highest BCUT2D eigenvalue weighted by Crippen LogP contribution is 2.33. The molecule has 33 heavy (non-hydrogen) atoms. The second-order valence-corrected chi connectivity index (χ2v) is 8.20. The van der Waals surface area contributed by atoms with Crippen LogP contribution in [0.15, 0.2) is 89.8 Å². The number of aromatic nitrogens is 1. The lowest BCUT2D eigenvalue weighted by molar-refractivity contribution is 0.102. The fourth-order valence-corrected chi connectivity index (χ4v) is 4.20. The van der Waals surface area contributed by atoms with Crippen molar-refractivity contribution < 1.29 is 13.9 Å². The summed E-state index contributed by atoms with van der Waals surface area (Å²) in [4.78, 5) is 19.4. The topological polar surface area (TPSA) is 67.6 Å². The van der Waals surface area contributed by atoms with Crippen LogP contribution in [0.25, 0.3) is 0 Å². The molecule has 1 unspecified atom stereocenters. The van der Waals surface area contributed by atoms with Gasteiger partial charge in [-0.2, -0.15) is 0 Å². The van der Waals surface area contributed by atoms with Crippen molar-refractivity contribution in [3.05, 3.63) is 108 Å². The van der Waals surface area contributed by atoms with E-state index in [9.17, 15) is 4.79 Å². The number of hydrogen-bond donors (Lipinski definition) is 1. The Kier molecular flexibility index (Phi) is 5.81. The Morgan fingerprint density at radius 3 is 2.94 bits per heavy atom. The van der Waals surface area contributed by atoms with Crippen molar-refractivity contribution in [2.75, 3.05) is 10.2 Å². The van der Waals surface area contributed by atoms with Crippen molar-refractivity contribution in [3.63, 3.8) is 0 Å². The molecule has 1 aliphatic rings. The van der Waals surface area contributed by atoms with Crippen molar-refractivity contribution in [2.45, 2.75) is 32.5 Å². The van der Waals surface area contributed by atoms with Crippen LogP contribution in [-0.4, -0.2) is 16.9 Å². The first-order chi connectivity index (χ1) is 16.2. The van der Waals surface area contributed by atoms with E-state index in [1.807, 2.05) is 42.5 Å². The lowest BCUT2D eigenvalue weighted by Gasteiger charge is -2.24. The number of carbonyl (C=O) groups is 1. The number of furan rings is 1. The Morgan fingerprint density at radius 1 is 1.15 bits per heavy atom. The van der Waals surface area contributed by atoms with E-state index < -0.39 is 0 Å². The number of pyridine rings is 1. The minimum atomic E-state index is -0.205. The number of benzene rings is 2. The predicted molar refractivity (Wildman–Crippen MR) is 127 cm³/mol. The fourth-order valence-electron chi connectivity index (χ4n) is 4.20. The standard InChI is InChI=1S/C27H25N3O3/c1-19-14-21-7-2-3-10-25(21)30(19)17-26-24(11-13-32-26)27(31)29-22-8-4-9-23(15-22)33-18-20-6-5-12-28-16-20/h2-13,15-16,19H,14,17-18H2,1H3,(H,29,31). The summed E-state index contributed by atoms with van der Waals surface area (Å²) in [6.45, 7) is 3.15. The molecule has 0 saturated carbocycles. The van der Waals surface area contributed by atoms with Crippen LogP contribution in [0.2, 0.25) is 0 Å². The molecule has 2 aromatic carbocycles. The highest BCUT2D eigenvalue weighted by Gasteiger charge is 2.28. The van der Waals surface area contributed by atoms with Crippen molar-refractivity contribution in [1.82, 2.24) is 4.98 Å². The molecule has 6 nitrogen and oxygen atoms in total. The molecule has 6 heteroatoms. The first-order valence-corrected chi connectivity index (χ1v) is 11.0. The highest BCUT2D eigenvalue weighted by atomic mass is 16.5. The Morgan fingerprint density at radius 2 is 2.06 bits per heavy atom. The first-order valence-electron chi connectivity index (χ1n) is 11.0. The third-order valence-electron chi connectivity index (χ3n) is 5.87. The van der Waals surface area contributed by atoms with E-state index in [1.165, 1.54) is 11.3 Å². The van der Waals surface area contributed by atoms with Crippen molar-refractivity contribution in [3.8, 4) is 5.75 Å². The summed E-state index contributed by atoms with van der Waals surface area (Å²) in [6, 6.07) is 21.7. The van der Waals surface area contributed by atoms with Gasteiger partial charge in [0.15, 0.2) is 0 Å². The summed E-state index contributed by atoms with van der Waals surface area (Å²) in [6.07, 6.45) is 6.06. The van der Waals surface area contributed by atoms with E-state index in [4.69, 9.17) is 9.15 Å². The lowest BCUT2D eigenvalue weighted by atomic mass is 10.1. The van der Waals surface area contributed by atoms with Gasteiger partial charge in [-0.25, -0.2) is 0 Å². The molecule has 0 saturated heterocycles.